The molecular weight excluding hydrogens is 227 g/mol. The number of nitrogens with zero attached hydrogens (tertiary/aromatic N) is 2. The third-order valence-electron chi connectivity index (χ3n) is 1.47. The smallest absolute Gasteiger partial charge is 0.0859 e. The second kappa shape index (κ2) is 2.50. The monoisotopic (exact) mass is 230 g/mol. The minimum atomic E-state index is 0.699. The zero-order valence-electron chi connectivity index (χ0n) is 5.46. The summed E-state index contributed by atoms with van der Waals surface area (Å²) in [5.41, 5.74) is 0.918. The van der Waals surface area contributed by atoms with Gasteiger partial charge in [0.15, 0.2) is 0 Å². The van der Waals surface area contributed by atoms with Crippen LogP contribution in [0.15, 0.2) is 29.0 Å². The Hall–Kier alpha value is -0.540. The van der Waals surface area contributed by atoms with Crippen molar-refractivity contribution in [3.63, 3.8) is 0 Å². The van der Waals surface area contributed by atoms with Crippen molar-refractivity contribution in [1.82, 2.24) is 9.61 Å². The third kappa shape index (κ3) is 1.04. The van der Waals surface area contributed by atoms with Crippen LogP contribution in [0, 0.1) is 0 Å². The zero-order valence-corrected chi connectivity index (χ0v) is 7.80. The van der Waals surface area contributed by atoms with Crippen molar-refractivity contribution >= 4 is 33.0 Å². The van der Waals surface area contributed by atoms with Gasteiger partial charge in [0.05, 0.1) is 16.7 Å². The van der Waals surface area contributed by atoms with E-state index in [1.165, 1.54) is 0 Å². The molecule has 0 saturated carbocycles. The van der Waals surface area contributed by atoms with Crippen LogP contribution in [-0.4, -0.2) is 9.61 Å². The lowest BCUT2D eigenvalue weighted by Crippen LogP contribution is -1.85. The van der Waals surface area contributed by atoms with Crippen LogP contribution < -0.4 is 0 Å². The summed E-state index contributed by atoms with van der Waals surface area (Å²) in [6.07, 6.45) is 3.57. The number of halogens is 2. The van der Waals surface area contributed by atoms with E-state index in [1.54, 1.807) is 10.7 Å². The number of aromatic nitrogens is 2. The van der Waals surface area contributed by atoms with Gasteiger partial charge in [0.1, 0.15) is 0 Å². The first kappa shape index (κ1) is 7.13. The van der Waals surface area contributed by atoms with E-state index in [0.29, 0.717) is 5.02 Å². The van der Waals surface area contributed by atoms with E-state index < -0.39 is 0 Å². The second-order valence-electron chi connectivity index (χ2n) is 2.14. The fourth-order valence-corrected chi connectivity index (χ4v) is 1.47. The predicted octanol–water partition coefficient (Wildman–Crippen LogP) is 2.75. The average molecular weight is 231 g/mol. The summed E-state index contributed by atoms with van der Waals surface area (Å²) in [5.74, 6) is 0. The van der Waals surface area contributed by atoms with Crippen LogP contribution in [0.1, 0.15) is 0 Å². The molecule has 0 aromatic carbocycles. The Balaban J connectivity index is 2.93. The summed E-state index contributed by atoms with van der Waals surface area (Å²) in [7, 11) is 0. The maximum absolute atomic E-state index is 5.96. The first-order valence-electron chi connectivity index (χ1n) is 3.06. The Morgan fingerprint density at radius 2 is 2.27 bits per heavy atom. The van der Waals surface area contributed by atoms with Crippen molar-refractivity contribution in [1.29, 1.82) is 0 Å². The third-order valence-corrected chi connectivity index (χ3v) is 2.75. The molecule has 56 valence electrons. The molecule has 0 unspecified atom stereocenters. The SMILES string of the molecule is Clc1c(Br)ccn2nccc12. The van der Waals surface area contributed by atoms with Crippen molar-refractivity contribution in [2.45, 2.75) is 0 Å². The Labute approximate surface area is 76.9 Å². The van der Waals surface area contributed by atoms with Gasteiger partial charge < -0.3 is 0 Å². The van der Waals surface area contributed by atoms with Crippen molar-refractivity contribution in [3.8, 4) is 0 Å². The largest absolute Gasteiger partial charge is 0.239 e. The van der Waals surface area contributed by atoms with Crippen LogP contribution in [-0.2, 0) is 0 Å². The van der Waals surface area contributed by atoms with Crippen LogP contribution in [0.5, 0.6) is 0 Å². The fourth-order valence-electron chi connectivity index (χ4n) is 0.938. The lowest BCUT2D eigenvalue weighted by atomic mass is 10.4. The van der Waals surface area contributed by atoms with Crippen LogP contribution in [0.2, 0.25) is 5.02 Å². The molecule has 4 heteroatoms. The molecule has 0 bridgehead atoms. The summed E-state index contributed by atoms with van der Waals surface area (Å²) < 4.78 is 2.62. The predicted molar refractivity (Wildman–Crippen MR) is 47.9 cm³/mol. The standard InChI is InChI=1S/C7H4BrClN2/c8-5-2-4-11-6(7(5)9)1-3-10-11/h1-4H. The van der Waals surface area contributed by atoms with E-state index in [1.807, 2.05) is 18.3 Å². The fraction of sp³-hybridized carbons (Fsp3) is 0. The number of hydrogen-bond donors (Lipinski definition) is 0. The van der Waals surface area contributed by atoms with Crippen molar-refractivity contribution in [2.75, 3.05) is 0 Å². The molecule has 0 atom stereocenters. The highest BCUT2D eigenvalue weighted by Gasteiger charge is 2.01. The van der Waals surface area contributed by atoms with E-state index >= 15 is 0 Å². The molecule has 0 N–H and O–H groups in total. The minimum absolute atomic E-state index is 0.699. The maximum Gasteiger partial charge on any atom is 0.0859 e. The lowest BCUT2D eigenvalue weighted by molar-refractivity contribution is 0.960. The van der Waals surface area contributed by atoms with Gasteiger partial charge in [-0.05, 0) is 28.1 Å². The quantitative estimate of drug-likeness (QED) is 0.681. The van der Waals surface area contributed by atoms with Gasteiger partial charge in [0, 0.05) is 10.7 Å². The molecular formula is C7H4BrClN2. The molecule has 0 fully saturated rings. The summed E-state index contributed by atoms with van der Waals surface area (Å²) >= 11 is 9.29. The topological polar surface area (TPSA) is 17.3 Å². The van der Waals surface area contributed by atoms with E-state index in [4.69, 9.17) is 11.6 Å². The van der Waals surface area contributed by atoms with E-state index in [9.17, 15) is 0 Å². The minimum Gasteiger partial charge on any atom is -0.239 e. The van der Waals surface area contributed by atoms with Crippen molar-refractivity contribution < 1.29 is 0 Å². The lowest BCUT2D eigenvalue weighted by Gasteiger charge is -1.97. The molecule has 2 heterocycles. The van der Waals surface area contributed by atoms with Crippen LogP contribution in [0.3, 0.4) is 0 Å². The van der Waals surface area contributed by atoms with E-state index in [2.05, 4.69) is 21.0 Å². The molecule has 0 spiro atoms. The molecule has 0 aliphatic heterocycles. The van der Waals surface area contributed by atoms with Gasteiger partial charge >= 0.3 is 0 Å². The average Bonchev–Trinajstić information content (AvgIpc) is 2.45. The Bertz CT molecular complexity index is 396. The van der Waals surface area contributed by atoms with E-state index in [-0.39, 0.29) is 0 Å². The molecule has 0 aliphatic rings. The van der Waals surface area contributed by atoms with Gasteiger partial charge in [-0.25, -0.2) is 4.52 Å². The molecule has 11 heavy (non-hydrogen) atoms. The maximum atomic E-state index is 5.96. The number of pyridine rings is 1. The van der Waals surface area contributed by atoms with Crippen LogP contribution >= 0.6 is 27.5 Å². The highest BCUT2D eigenvalue weighted by atomic mass is 79.9. The molecule has 0 amide bonds. The highest BCUT2D eigenvalue weighted by molar-refractivity contribution is 9.10. The van der Waals surface area contributed by atoms with E-state index in [0.717, 1.165) is 9.99 Å². The van der Waals surface area contributed by atoms with Gasteiger partial charge in [-0.2, -0.15) is 5.10 Å². The van der Waals surface area contributed by atoms with Gasteiger partial charge in [0.2, 0.25) is 0 Å². The summed E-state index contributed by atoms with van der Waals surface area (Å²) in [5, 5.41) is 4.73. The Morgan fingerprint density at radius 1 is 1.45 bits per heavy atom. The highest BCUT2D eigenvalue weighted by Crippen LogP contribution is 2.25. The first-order chi connectivity index (χ1) is 5.29. The van der Waals surface area contributed by atoms with Gasteiger partial charge in [-0.15, -0.1) is 0 Å². The first-order valence-corrected chi connectivity index (χ1v) is 4.23. The zero-order chi connectivity index (χ0) is 7.84. The molecule has 2 nitrogen and oxygen atoms in total. The second-order valence-corrected chi connectivity index (χ2v) is 3.37. The number of rotatable bonds is 0. The Kier molecular flexibility index (Phi) is 1.62. The van der Waals surface area contributed by atoms with Gasteiger partial charge in [0.25, 0.3) is 0 Å². The Morgan fingerprint density at radius 3 is 3.09 bits per heavy atom. The van der Waals surface area contributed by atoms with Crippen LogP contribution in [0.4, 0.5) is 0 Å². The normalized spacial score (nSPS) is 10.7. The molecule has 0 saturated heterocycles. The molecule has 0 aliphatic carbocycles. The number of fused-ring (bicyclic) bond motifs is 1. The summed E-state index contributed by atoms with van der Waals surface area (Å²) in [4.78, 5) is 0. The summed E-state index contributed by atoms with van der Waals surface area (Å²) in [6, 6.07) is 3.73. The molecule has 2 aromatic heterocycles. The van der Waals surface area contributed by atoms with Crippen molar-refractivity contribution in [3.05, 3.63) is 34.0 Å². The molecule has 0 radical (unpaired) electrons. The van der Waals surface area contributed by atoms with Gasteiger partial charge in [-0.1, -0.05) is 11.6 Å². The summed E-state index contributed by atoms with van der Waals surface area (Å²) in [6.45, 7) is 0. The number of hydrogen-bond acceptors (Lipinski definition) is 1. The van der Waals surface area contributed by atoms with Gasteiger partial charge in [-0.3, -0.25) is 0 Å². The van der Waals surface area contributed by atoms with Crippen molar-refractivity contribution in [2.24, 2.45) is 0 Å². The van der Waals surface area contributed by atoms with Crippen LogP contribution in [0.25, 0.3) is 5.52 Å². The molecule has 2 rings (SSSR count). The molecule has 2 aromatic rings.